The second-order valence-corrected chi connectivity index (χ2v) is 4.19. The molecular formula is C10H9NOS. The summed E-state index contributed by atoms with van der Waals surface area (Å²) in [6.45, 7) is 0.930. The van der Waals surface area contributed by atoms with Crippen LogP contribution >= 0.6 is 11.5 Å². The fourth-order valence-electron chi connectivity index (χ4n) is 1.50. The van der Waals surface area contributed by atoms with Gasteiger partial charge in [-0.2, -0.15) is 4.37 Å². The predicted octanol–water partition coefficient (Wildman–Crippen LogP) is 2.24. The maximum Gasteiger partial charge on any atom is 0.0850 e. The van der Waals surface area contributed by atoms with E-state index in [4.69, 9.17) is 4.74 Å². The highest BCUT2D eigenvalue weighted by Gasteiger charge is 2.22. The molecule has 1 saturated heterocycles. The summed E-state index contributed by atoms with van der Waals surface area (Å²) in [4.78, 5) is 0. The molecule has 1 aliphatic rings. The van der Waals surface area contributed by atoms with Crippen LogP contribution in [0.25, 0.3) is 10.1 Å². The van der Waals surface area contributed by atoms with Gasteiger partial charge >= 0.3 is 0 Å². The van der Waals surface area contributed by atoms with Crippen LogP contribution in [0.2, 0.25) is 0 Å². The topological polar surface area (TPSA) is 25.4 Å². The van der Waals surface area contributed by atoms with Crippen LogP contribution in [0.4, 0.5) is 0 Å². The van der Waals surface area contributed by atoms with E-state index in [2.05, 4.69) is 22.6 Å². The first-order valence-corrected chi connectivity index (χ1v) is 5.14. The minimum atomic E-state index is 0.476. The largest absolute Gasteiger partial charge is 0.373 e. The Balaban J connectivity index is 1.99. The Bertz CT molecular complexity index is 433. The van der Waals surface area contributed by atoms with Crippen LogP contribution in [-0.2, 0) is 11.2 Å². The van der Waals surface area contributed by atoms with E-state index in [1.54, 1.807) is 11.5 Å². The zero-order valence-electron chi connectivity index (χ0n) is 7.06. The summed E-state index contributed by atoms with van der Waals surface area (Å²) < 4.78 is 10.6. The molecule has 1 aromatic carbocycles. The molecule has 1 fully saturated rings. The molecule has 13 heavy (non-hydrogen) atoms. The molecule has 0 saturated carbocycles. The molecule has 1 aliphatic heterocycles. The van der Waals surface area contributed by atoms with Gasteiger partial charge in [-0.1, -0.05) is 6.07 Å². The Morgan fingerprint density at radius 1 is 1.54 bits per heavy atom. The standard InChI is InChI=1S/C10H9NOS/c1-2-10-8(5-11-13-10)3-7(1)4-9-6-12-9/h1-3,5,9H,4,6H2. The van der Waals surface area contributed by atoms with Gasteiger partial charge in [0, 0.05) is 18.0 Å². The van der Waals surface area contributed by atoms with E-state index in [9.17, 15) is 0 Å². The molecule has 0 spiro atoms. The van der Waals surface area contributed by atoms with Gasteiger partial charge in [-0.25, -0.2) is 0 Å². The molecule has 66 valence electrons. The van der Waals surface area contributed by atoms with Crippen LogP contribution in [0.1, 0.15) is 5.56 Å². The van der Waals surface area contributed by atoms with Crippen molar-refractivity contribution in [2.45, 2.75) is 12.5 Å². The van der Waals surface area contributed by atoms with Crippen LogP contribution < -0.4 is 0 Å². The summed E-state index contributed by atoms with van der Waals surface area (Å²) in [6, 6.07) is 6.52. The third-order valence-electron chi connectivity index (χ3n) is 2.28. The molecule has 0 N–H and O–H groups in total. The molecule has 3 heteroatoms. The zero-order valence-corrected chi connectivity index (χ0v) is 7.88. The van der Waals surface area contributed by atoms with Gasteiger partial charge in [0.25, 0.3) is 0 Å². The molecule has 3 rings (SSSR count). The molecule has 0 bridgehead atoms. The lowest BCUT2D eigenvalue weighted by atomic mass is 10.1. The van der Waals surface area contributed by atoms with Crippen molar-refractivity contribution in [1.29, 1.82) is 0 Å². The average Bonchev–Trinajstić information content (AvgIpc) is 2.83. The van der Waals surface area contributed by atoms with E-state index in [0.29, 0.717) is 6.10 Å². The van der Waals surface area contributed by atoms with Crippen LogP contribution in [0.3, 0.4) is 0 Å². The summed E-state index contributed by atoms with van der Waals surface area (Å²) in [6.07, 6.45) is 3.45. The number of epoxide rings is 1. The van der Waals surface area contributed by atoms with E-state index in [-0.39, 0.29) is 0 Å². The highest BCUT2D eigenvalue weighted by atomic mass is 32.1. The van der Waals surface area contributed by atoms with Crippen molar-refractivity contribution in [2.75, 3.05) is 6.61 Å². The van der Waals surface area contributed by atoms with Gasteiger partial charge in [-0.15, -0.1) is 0 Å². The number of aromatic nitrogens is 1. The highest BCUT2D eigenvalue weighted by Crippen LogP contribution is 2.22. The lowest BCUT2D eigenvalue weighted by Crippen LogP contribution is -1.91. The monoisotopic (exact) mass is 191 g/mol. The Hall–Kier alpha value is -0.930. The highest BCUT2D eigenvalue weighted by molar-refractivity contribution is 7.13. The van der Waals surface area contributed by atoms with Crippen molar-refractivity contribution in [2.24, 2.45) is 0 Å². The molecule has 2 nitrogen and oxygen atoms in total. The van der Waals surface area contributed by atoms with Crippen molar-refractivity contribution in [1.82, 2.24) is 4.37 Å². The summed E-state index contributed by atoms with van der Waals surface area (Å²) in [7, 11) is 0. The second-order valence-electron chi connectivity index (χ2n) is 3.36. The van der Waals surface area contributed by atoms with E-state index in [1.165, 1.54) is 15.6 Å². The summed E-state index contributed by atoms with van der Waals surface area (Å²) >= 11 is 1.55. The Kier molecular flexibility index (Phi) is 1.60. The Morgan fingerprint density at radius 3 is 3.31 bits per heavy atom. The quantitative estimate of drug-likeness (QED) is 0.680. The summed E-state index contributed by atoms with van der Waals surface area (Å²) in [5, 5.41) is 1.25. The first kappa shape index (κ1) is 7.47. The zero-order chi connectivity index (χ0) is 8.67. The lowest BCUT2D eigenvalue weighted by molar-refractivity contribution is 0.407. The minimum Gasteiger partial charge on any atom is -0.373 e. The van der Waals surface area contributed by atoms with Crippen molar-refractivity contribution < 1.29 is 4.74 Å². The van der Waals surface area contributed by atoms with E-state index in [0.717, 1.165) is 13.0 Å². The smallest absolute Gasteiger partial charge is 0.0850 e. The van der Waals surface area contributed by atoms with Crippen molar-refractivity contribution in [3.63, 3.8) is 0 Å². The van der Waals surface area contributed by atoms with Gasteiger partial charge in [0.15, 0.2) is 0 Å². The number of fused-ring (bicyclic) bond motifs is 1. The molecule has 1 aromatic heterocycles. The van der Waals surface area contributed by atoms with Crippen molar-refractivity contribution >= 4 is 21.6 Å². The van der Waals surface area contributed by atoms with Crippen LogP contribution in [-0.4, -0.2) is 17.1 Å². The molecule has 2 heterocycles. The fraction of sp³-hybridized carbons (Fsp3) is 0.300. The maximum absolute atomic E-state index is 5.19. The Labute approximate surface area is 80.3 Å². The normalized spacial score (nSPS) is 20.8. The fourth-order valence-corrected chi connectivity index (χ4v) is 2.12. The molecular weight excluding hydrogens is 182 g/mol. The lowest BCUT2D eigenvalue weighted by Gasteiger charge is -1.96. The Morgan fingerprint density at radius 2 is 2.46 bits per heavy atom. The second kappa shape index (κ2) is 2.79. The number of ether oxygens (including phenoxy) is 1. The summed E-state index contributed by atoms with van der Waals surface area (Å²) in [5.41, 5.74) is 1.36. The van der Waals surface area contributed by atoms with Gasteiger partial charge < -0.3 is 4.74 Å². The number of rotatable bonds is 2. The van der Waals surface area contributed by atoms with Crippen LogP contribution in [0.15, 0.2) is 24.4 Å². The van der Waals surface area contributed by atoms with Gasteiger partial charge in [0.2, 0.25) is 0 Å². The molecule has 0 aliphatic carbocycles. The van der Waals surface area contributed by atoms with Gasteiger partial charge in [-0.05, 0) is 29.2 Å². The predicted molar refractivity (Wildman–Crippen MR) is 53.1 cm³/mol. The third kappa shape index (κ3) is 1.45. The number of benzene rings is 1. The van der Waals surface area contributed by atoms with Gasteiger partial charge in [-0.3, -0.25) is 0 Å². The molecule has 1 unspecified atom stereocenters. The van der Waals surface area contributed by atoms with E-state index < -0.39 is 0 Å². The summed E-state index contributed by atoms with van der Waals surface area (Å²) in [5.74, 6) is 0. The van der Waals surface area contributed by atoms with E-state index in [1.807, 2.05) is 6.20 Å². The maximum atomic E-state index is 5.19. The first-order valence-electron chi connectivity index (χ1n) is 4.37. The third-order valence-corrected chi connectivity index (χ3v) is 3.06. The number of nitrogens with zero attached hydrogens (tertiary/aromatic N) is 1. The van der Waals surface area contributed by atoms with Gasteiger partial charge in [0.1, 0.15) is 0 Å². The van der Waals surface area contributed by atoms with Gasteiger partial charge in [0.05, 0.1) is 17.4 Å². The van der Waals surface area contributed by atoms with Crippen molar-refractivity contribution in [3.8, 4) is 0 Å². The van der Waals surface area contributed by atoms with E-state index >= 15 is 0 Å². The SMILES string of the molecule is c1cc2sncc2cc1CC1CO1. The van der Waals surface area contributed by atoms with Crippen LogP contribution in [0.5, 0.6) is 0 Å². The number of hydrogen-bond acceptors (Lipinski definition) is 3. The molecule has 0 radical (unpaired) electrons. The molecule has 1 atom stereocenters. The molecule has 2 aromatic rings. The number of hydrogen-bond donors (Lipinski definition) is 0. The van der Waals surface area contributed by atoms with Crippen molar-refractivity contribution in [3.05, 3.63) is 30.0 Å². The first-order chi connectivity index (χ1) is 6.42. The van der Waals surface area contributed by atoms with Crippen LogP contribution in [0, 0.1) is 0 Å². The molecule has 0 amide bonds. The minimum absolute atomic E-state index is 0.476. The average molecular weight is 191 g/mol.